The van der Waals surface area contributed by atoms with Crippen molar-refractivity contribution in [2.45, 2.75) is 50.0 Å². The first-order chi connectivity index (χ1) is 11.9. The lowest BCUT2D eigenvalue weighted by Gasteiger charge is -2.16. The maximum atomic E-state index is 12.3. The van der Waals surface area contributed by atoms with E-state index in [0.29, 0.717) is 12.3 Å². The van der Waals surface area contributed by atoms with Crippen LogP contribution in [0.3, 0.4) is 0 Å². The number of ether oxygens (including phenoxy) is 1. The molecule has 0 saturated carbocycles. The maximum absolute atomic E-state index is 12.3. The molecule has 0 spiro atoms. The molecule has 6 nitrogen and oxygen atoms in total. The number of amides is 1. The summed E-state index contributed by atoms with van der Waals surface area (Å²) in [4.78, 5) is 12.2. The number of benzene rings is 1. The van der Waals surface area contributed by atoms with Crippen molar-refractivity contribution in [1.29, 1.82) is 0 Å². The Hall–Kier alpha value is -1.86. The van der Waals surface area contributed by atoms with Gasteiger partial charge in [0.05, 0.1) is 18.0 Å². The molecule has 0 radical (unpaired) electrons. The Morgan fingerprint density at radius 2 is 1.96 bits per heavy atom. The molecule has 0 fully saturated rings. The first-order valence-electron chi connectivity index (χ1n) is 8.54. The second-order valence-corrected chi connectivity index (χ2v) is 7.88. The molecule has 0 heterocycles. The van der Waals surface area contributed by atoms with Crippen LogP contribution >= 0.6 is 0 Å². The zero-order chi connectivity index (χ0) is 18.3. The van der Waals surface area contributed by atoms with Gasteiger partial charge in [-0.3, -0.25) is 4.79 Å². The lowest BCUT2D eigenvalue weighted by molar-refractivity contribution is -0.122. The van der Waals surface area contributed by atoms with E-state index in [-0.39, 0.29) is 10.8 Å². The van der Waals surface area contributed by atoms with Gasteiger partial charge in [0.2, 0.25) is 15.9 Å². The minimum atomic E-state index is -3.75. The van der Waals surface area contributed by atoms with E-state index in [9.17, 15) is 13.2 Å². The van der Waals surface area contributed by atoms with Crippen molar-refractivity contribution >= 4 is 15.9 Å². The molecule has 2 rings (SSSR count). The van der Waals surface area contributed by atoms with E-state index in [0.717, 1.165) is 19.3 Å². The highest BCUT2D eigenvalue weighted by Gasteiger charge is 2.21. The van der Waals surface area contributed by atoms with E-state index < -0.39 is 16.1 Å². The fourth-order valence-corrected chi connectivity index (χ4v) is 3.94. The Morgan fingerprint density at radius 1 is 1.24 bits per heavy atom. The van der Waals surface area contributed by atoms with Crippen molar-refractivity contribution in [1.82, 2.24) is 10.0 Å². The van der Waals surface area contributed by atoms with E-state index >= 15 is 0 Å². The molecule has 0 bridgehead atoms. The molecular formula is C18H26N2O4S. The third-order valence-electron chi connectivity index (χ3n) is 4.23. The molecule has 7 heteroatoms. The molecule has 0 aromatic heterocycles. The monoisotopic (exact) mass is 366 g/mol. The SMILES string of the molecule is COc1ccc(S(=O)(=O)N[C@@H](C)C(=O)NCCC2=CCCCC2)cc1. The number of carbonyl (C=O) groups excluding carboxylic acids is 1. The fraction of sp³-hybridized carbons (Fsp3) is 0.500. The van der Waals surface area contributed by atoms with E-state index in [1.165, 1.54) is 44.6 Å². The molecule has 1 aromatic carbocycles. The Morgan fingerprint density at radius 3 is 2.56 bits per heavy atom. The average molecular weight is 366 g/mol. The van der Waals surface area contributed by atoms with Gasteiger partial charge in [0.1, 0.15) is 5.75 Å². The predicted molar refractivity (Wildman–Crippen MR) is 97.0 cm³/mol. The van der Waals surface area contributed by atoms with E-state index in [4.69, 9.17) is 4.74 Å². The normalized spacial score (nSPS) is 16.0. The number of hydrogen-bond donors (Lipinski definition) is 2. The summed E-state index contributed by atoms with van der Waals surface area (Å²) in [5.41, 5.74) is 1.37. The van der Waals surface area contributed by atoms with E-state index in [1.54, 1.807) is 12.1 Å². The molecule has 1 atom stereocenters. The number of carbonyl (C=O) groups is 1. The second-order valence-electron chi connectivity index (χ2n) is 6.17. The highest BCUT2D eigenvalue weighted by molar-refractivity contribution is 7.89. The molecule has 1 aromatic rings. The summed E-state index contributed by atoms with van der Waals surface area (Å²) < 4.78 is 32.1. The molecule has 1 amide bonds. The third-order valence-corrected chi connectivity index (χ3v) is 5.78. The molecular weight excluding hydrogens is 340 g/mol. The molecule has 0 aliphatic heterocycles. The van der Waals surface area contributed by atoms with Gasteiger partial charge < -0.3 is 10.1 Å². The summed E-state index contributed by atoms with van der Waals surface area (Å²) in [5.74, 6) is 0.246. The molecule has 138 valence electrons. The molecule has 25 heavy (non-hydrogen) atoms. The second kappa shape index (κ2) is 9.01. The standard InChI is InChI=1S/C18H26N2O4S/c1-14(18(21)19-13-12-15-6-4-3-5-7-15)20-25(22,23)17-10-8-16(24-2)9-11-17/h6,8-11,14,20H,3-5,7,12-13H2,1-2H3,(H,19,21)/t14-/m0/s1. The largest absolute Gasteiger partial charge is 0.497 e. The first kappa shape index (κ1) is 19.5. The quantitative estimate of drug-likeness (QED) is 0.692. The van der Waals surface area contributed by atoms with Crippen molar-refractivity contribution in [3.63, 3.8) is 0 Å². The van der Waals surface area contributed by atoms with Crippen LogP contribution in [0.4, 0.5) is 0 Å². The molecule has 1 aliphatic carbocycles. The van der Waals surface area contributed by atoms with Crippen LogP contribution in [0, 0.1) is 0 Å². The topological polar surface area (TPSA) is 84.5 Å². The third kappa shape index (κ3) is 5.86. The summed E-state index contributed by atoms with van der Waals surface area (Å²) in [6.45, 7) is 2.07. The summed E-state index contributed by atoms with van der Waals surface area (Å²) >= 11 is 0. The lowest BCUT2D eigenvalue weighted by Crippen LogP contribution is -2.45. The van der Waals surface area contributed by atoms with Gasteiger partial charge in [-0.25, -0.2) is 8.42 Å². The fourth-order valence-electron chi connectivity index (χ4n) is 2.74. The first-order valence-corrected chi connectivity index (χ1v) is 10.0. The summed E-state index contributed by atoms with van der Waals surface area (Å²) in [6.07, 6.45) is 7.71. The van der Waals surface area contributed by atoms with Crippen LogP contribution in [0.15, 0.2) is 40.8 Å². The van der Waals surface area contributed by atoms with Gasteiger partial charge in [-0.15, -0.1) is 0 Å². The van der Waals surface area contributed by atoms with Gasteiger partial charge in [-0.2, -0.15) is 4.72 Å². The van der Waals surface area contributed by atoms with Crippen LogP contribution in [-0.4, -0.2) is 34.0 Å². The number of nitrogens with one attached hydrogen (secondary N) is 2. The average Bonchev–Trinajstić information content (AvgIpc) is 2.62. The predicted octanol–water partition coefficient (Wildman–Crippen LogP) is 2.37. The van der Waals surface area contributed by atoms with Gasteiger partial charge in [0.15, 0.2) is 0 Å². The van der Waals surface area contributed by atoms with Crippen molar-refractivity contribution < 1.29 is 17.9 Å². The smallest absolute Gasteiger partial charge is 0.241 e. The summed E-state index contributed by atoms with van der Waals surface area (Å²) in [6, 6.07) is 5.18. The van der Waals surface area contributed by atoms with Gasteiger partial charge in [0, 0.05) is 6.54 Å². The Kier molecular flexibility index (Phi) is 7.01. The zero-order valence-electron chi connectivity index (χ0n) is 14.7. The van der Waals surface area contributed by atoms with Crippen LogP contribution < -0.4 is 14.8 Å². The number of rotatable bonds is 8. The van der Waals surface area contributed by atoms with Crippen LogP contribution in [0.25, 0.3) is 0 Å². The minimum absolute atomic E-state index is 0.0975. The maximum Gasteiger partial charge on any atom is 0.241 e. The van der Waals surface area contributed by atoms with Gasteiger partial charge in [0.25, 0.3) is 0 Å². The van der Waals surface area contributed by atoms with Crippen molar-refractivity contribution in [2.75, 3.05) is 13.7 Å². The van der Waals surface area contributed by atoms with Gasteiger partial charge in [-0.05, 0) is 63.3 Å². The lowest BCUT2D eigenvalue weighted by atomic mass is 9.97. The highest BCUT2D eigenvalue weighted by Crippen LogP contribution is 2.19. The van der Waals surface area contributed by atoms with E-state index in [1.807, 2.05) is 0 Å². The van der Waals surface area contributed by atoms with Crippen molar-refractivity contribution in [3.05, 3.63) is 35.9 Å². The van der Waals surface area contributed by atoms with Crippen LogP contribution in [-0.2, 0) is 14.8 Å². The molecule has 0 saturated heterocycles. The molecule has 2 N–H and O–H groups in total. The number of allylic oxidation sites excluding steroid dienone is 1. The molecule has 0 unspecified atom stereocenters. The number of methoxy groups -OCH3 is 1. The highest BCUT2D eigenvalue weighted by atomic mass is 32.2. The zero-order valence-corrected chi connectivity index (χ0v) is 15.6. The van der Waals surface area contributed by atoms with Crippen LogP contribution in [0.1, 0.15) is 39.0 Å². The minimum Gasteiger partial charge on any atom is -0.497 e. The number of hydrogen-bond acceptors (Lipinski definition) is 4. The van der Waals surface area contributed by atoms with Crippen LogP contribution in [0.5, 0.6) is 5.75 Å². The Bertz CT molecular complexity index is 711. The van der Waals surface area contributed by atoms with Gasteiger partial charge >= 0.3 is 0 Å². The van der Waals surface area contributed by atoms with Gasteiger partial charge in [-0.1, -0.05) is 11.6 Å². The molecule has 1 aliphatic rings. The van der Waals surface area contributed by atoms with Crippen molar-refractivity contribution in [3.8, 4) is 5.75 Å². The van der Waals surface area contributed by atoms with E-state index in [2.05, 4.69) is 16.1 Å². The van der Waals surface area contributed by atoms with Crippen molar-refractivity contribution in [2.24, 2.45) is 0 Å². The summed E-state index contributed by atoms with van der Waals surface area (Å²) in [7, 11) is -2.24. The Balaban J connectivity index is 1.85. The Labute approximate surface area is 149 Å². The van der Waals surface area contributed by atoms with Crippen LogP contribution in [0.2, 0.25) is 0 Å². The summed E-state index contributed by atoms with van der Waals surface area (Å²) in [5, 5.41) is 2.80. The number of sulfonamides is 1.